The van der Waals surface area contributed by atoms with Crippen molar-refractivity contribution < 1.29 is 14.4 Å². The van der Waals surface area contributed by atoms with Gasteiger partial charge in [-0.1, -0.05) is 30.7 Å². The topological polar surface area (TPSA) is 66.5 Å². The lowest BCUT2D eigenvalue weighted by atomic mass is 9.83. The molecule has 0 bridgehead atoms. The Morgan fingerprint density at radius 1 is 1.22 bits per heavy atom. The van der Waals surface area contributed by atoms with Gasteiger partial charge in [-0.05, 0) is 55.7 Å². The maximum atomic E-state index is 12.6. The predicted molar refractivity (Wildman–Crippen MR) is 105 cm³/mol. The van der Waals surface area contributed by atoms with Crippen LogP contribution in [0, 0.1) is 19.3 Å². The molecule has 0 spiro atoms. The highest BCUT2D eigenvalue weighted by Crippen LogP contribution is 2.34. The molecule has 146 valence electrons. The number of hydrogen-bond acceptors (Lipinski definition) is 3. The zero-order valence-electron chi connectivity index (χ0n) is 16.2. The fraction of sp³-hybridized carbons (Fsp3) is 0.571. The van der Waals surface area contributed by atoms with E-state index in [1.54, 1.807) is 6.92 Å². The molecule has 1 aromatic carbocycles. The average Bonchev–Trinajstić information content (AvgIpc) is 2.89. The van der Waals surface area contributed by atoms with E-state index in [2.05, 4.69) is 17.4 Å². The second kappa shape index (κ2) is 7.63. The first-order valence-corrected chi connectivity index (χ1v) is 9.96. The Kier molecular flexibility index (Phi) is 5.61. The highest BCUT2D eigenvalue weighted by Gasteiger charge is 2.42. The fourth-order valence-corrected chi connectivity index (χ4v) is 4.29. The number of rotatable bonds is 4. The molecule has 1 aromatic rings. The van der Waals surface area contributed by atoms with Gasteiger partial charge < -0.3 is 4.90 Å². The lowest BCUT2D eigenvalue weighted by Gasteiger charge is -2.33. The summed E-state index contributed by atoms with van der Waals surface area (Å²) in [5.74, 6) is 0.0153. The van der Waals surface area contributed by atoms with E-state index in [0.29, 0.717) is 18.8 Å². The SMILES string of the molecule is Cc1cc(C2CCN(C(=O)CC[C@@]3(C)CC(=O)NC3=O)CC2)cc(C)c1Cl. The molecule has 2 aliphatic heterocycles. The van der Waals surface area contributed by atoms with E-state index >= 15 is 0 Å². The second-order valence-corrected chi connectivity index (χ2v) is 8.62. The van der Waals surface area contributed by atoms with Gasteiger partial charge in [-0.15, -0.1) is 0 Å². The quantitative estimate of drug-likeness (QED) is 0.800. The minimum absolute atomic E-state index is 0.0743. The molecule has 0 saturated carbocycles. The van der Waals surface area contributed by atoms with Crippen LogP contribution in [-0.2, 0) is 14.4 Å². The minimum Gasteiger partial charge on any atom is -0.343 e. The molecule has 3 rings (SSSR count). The van der Waals surface area contributed by atoms with Gasteiger partial charge in [0, 0.05) is 31.0 Å². The number of halogens is 1. The molecule has 0 unspecified atom stereocenters. The van der Waals surface area contributed by atoms with Gasteiger partial charge in [-0.25, -0.2) is 0 Å². The number of carbonyl (C=O) groups excluding carboxylic acids is 3. The highest BCUT2D eigenvalue weighted by atomic mass is 35.5. The summed E-state index contributed by atoms with van der Waals surface area (Å²) in [5, 5.41) is 3.16. The summed E-state index contributed by atoms with van der Waals surface area (Å²) in [6, 6.07) is 4.32. The largest absolute Gasteiger partial charge is 0.343 e. The molecular weight excluding hydrogens is 364 g/mol. The lowest BCUT2D eigenvalue weighted by molar-refractivity contribution is -0.133. The normalized spacial score (nSPS) is 23.6. The Morgan fingerprint density at radius 3 is 2.33 bits per heavy atom. The molecule has 3 amide bonds. The highest BCUT2D eigenvalue weighted by molar-refractivity contribution is 6.32. The molecule has 0 aromatic heterocycles. The molecular formula is C21H27ClN2O3. The van der Waals surface area contributed by atoms with E-state index < -0.39 is 5.41 Å². The van der Waals surface area contributed by atoms with Crippen LogP contribution in [0.1, 0.15) is 61.6 Å². The van der Waals surface area contributed by atoms with Gasteiger partial charge in [-0.2, -0.15) is 0 Å². The first-order valence-electron chi connectivity index (χ1n) is 9.58. The van der Waals surface area contributed by atoms with Gasteiger partial charge in [-0.3, -0.25) is 19.7 Å². The summed E-state index contributed by atoms with van der Waals surface area (Å²) in [4.78, 5) is 37.8. The molecule has 1 N–H and O–H groups in total. The molecule has 2 fully saturated rings. The van der Waals surface area contributed by atoms with E-state index in [-0.39, 0.29) is 24.1 Å². The van der Waals surface area contributed by atoms with Crippen LogP contribution >= 0.6 is 11.6 Å². The molecule has 27 heavy (non-hydrogen) atoms. The number of benzene rings is 1. The number of nitrogens with one attached hydrogen (secondary N) is 1. The van der Waals surface area contributed by atoms with Crippen molar-refractivity contribution in [3.05, 3.63) is 33.8 Å². The smallest absolute Gasteiger partial charge is 0.233 e. The van der Waals surface area contributed by atoms with E-state index in [1.165, 1.54) is 5.56 Å². The number of piperidine rings is 1. The third-order valence-corrected chi connectivity index (χ3v) is 6.62. The number of likely N-dealkylation sites (tertiary alicyclic amines) is 1. The lowest BCUT2D eigenvalue weighted by Crippen LogP contribution is -2.39. The van der Waals surface area contributed by atoms with Gasteiger partial charge >= 0.3 is 0 Å². The van der Waals surface area contributed by atoms with Crippen LogP contribution in [0.5, 0.6) is 0 Å². The second-order valence-electron chi connectivity index (χ2n) is 8.24. The summed E-state index contributed by atoms with van der Waals surface area (Å²) in [6.07, 6.45) is 2.77. The van der Waals surface area contributed by atoms with Crippen molar-refractivity contribution in [3.8, 4) is 0 Å². The van der Waals surface area contributed by atoms with Crippen LogP contribution in [-0.4, -0.2) is 35.7 Å². The molecule has 5 nitrogen and oxygen atoms in total. The number of carbonyl (C=O) groups is 3. The maximum absolute atomic E-state index is 12.6. The van der Waals surface area contributed by atoms with Crippen molar-refractivity contribution in [1.82, 2.24) is 10.2 Å². The van der Waals surface area contributed by atoms with Gasteiger partial charge in [0.1, 0.15) is 0 Å². The number of aryl methyl sites for hydroxylation is 2. The summed E-state index contributed by atoms with van der Waals surface area (Å²) in [7, 11) is 0. The molecule has 2 aliphatic rings. The van der Waals surface area contributed by atoms with Crippen molar-refractivity contribution in [3.63, 3.8) is 0 Å². The van der Waals surface area contributed by atoms with Gasteiger partial charge in [0.15, 0.2) is 0 Å². The molecule has 0 aliphatic carbocycles. The summed E-state index contributed by atoms with van der Waals surface area (Å²) in [5.41, 5.74) is 2.75. The minimum atomic E-state index is -0.747. The van der Waals surface area contributed by atoms with Gasteiger partial charge in [0.2, 0.25) is 17.7 Å². The van der Waals surface area contributed by atoms with Crippen molar-refractivity contribution in [2.24, 2.45) is 5.41 Å². The van der Waals surface area contributed by atoms with Crippen molar-refractivity contribution in [1.29, 1.82) is 0 Å². The molecule has 2 saturated heterocycles. The number of amides is 3. The van der Waals surface area contributed by atoms with E-state index in [4.69, 9.17) is 11.6 Å². The van der Waals surface area contributed by atoms with E-state index in [9.17, 15) is 14.4 Å². The Morgan fingerprint density at radius 2 is 1.81 bits per heavy atom. The summed E-state index contributed by atoms with van der Waals surface area (Å²) >= 11 is 6.27. The van der Waals surface area contributed by atoms with Crippen LogP contribution in [0.15, 0.2) is 12.1 Å². The standard InChI is InChI=1S/C21H27ClN2O3/c1-13-10-16(11-14(2)19(13)22)15-5-8-24(9-6-15)18(26)4-7-21(3)12-17(25)23-20(21)27/h10-11,15H,4-9,12H2,1-3H3,(H,23,25,27)/t21-/m0/s1. The molecule has 6 heteroatoms. The van der Waals surface area contributed by atoms with Crippen molar-refractivity contribution in [2.45, 2.75) is 58.8 Å². The zero-order chi connectivity index (χ0) is 19.8. The third-order valence-electron chi connectivity index (χ3n) is 6.02. The maximum Gasteiger partial charge on any atom is 0.233 e. The number of hydrogen-bond donors (Lipinski definition) is 1. The first-order chi connectivity index (χ1) is 12.7. The Hall–Kier alpha value is -1.88. The molecule has 0 radical (unpaired) electrons. The van der Waals surface area contributed by atoms with Crippen LogP contribution in [0.4, 0.5) is 0 Å². The van der Waals surface area contributed by atoms with Crippen LogP contribution < -0.4 is 5.32 Å². The molecule has 2 heterocycles. The Balaban J connectivity index is 1.54. The summed E-state index contributed by atoms with van der Waals surface area (Å²) < 4.78 is 0. The summed E-state index contributed by atoms with van der Waals surface area (Å²) in [6.45, 7) is 7.28. The van der Waals surface area contributed by atoms with E-state index in [0.717, 1.165) is 42.1 Å². The predicted octanol–water partition coefficient (Wildman–Crippen LogP) is 3.50. The first kappa shape index (κ1) is 19.9. The fourth-order valence-electron chi connectivity index (χ4n) is 4.18. The monoisotopic (exact) mass is 390 g/mol. The average molecular weight is 391 g/mol. The Bertz CT molecular complexity index is 761. The van der Waals surface area contributed by atoms with E-state index in [1.807, 2.05) is 18.7 Å². The molecule has 1 atom stereocenters. The van der Waals surface area contributed by atoms with Crippen molar-refractivity contribution >= 4 is 29.3 Å². The van der Waals surface area contributed by atoms with Crippen LogP contribution in [0.2, 0.25) is 5.02 Å². The zero-order valence-corrected chi connectivity index (χ0v) is 17.0. The third kappa shape index (κ3) is 4.18. The number of nitrogens with zero attached hydrogens (tertiary/aromatic N) is 1. The van der Waals surface area contributed by atoms with Crippen LogP contribution in [0.3, 0.4) is 0 Å². The van der Waals surface area contributed by atoms with Crippen molar-refractivity contribution in [2.75, 3.05) is 13.1 Å². The Labute approximate surface area is 165 Å². The number of imide groups is 1. The van der Waals surface area contributed by atoms with Gasteiger partial charge in [0.25, 0.3) is 0 Å². The van der Waals surface area contributed by atoms with Gasteiger partial charge in [0.05, 0.1) is 5.41 Å². The van der Waals surface area contributed by atoms with Crippen LogP contribution in [0.25, 0.3) is 0 Å².